The molecule has 0 aromatic carbocycles. The monoisotopic (exact) mass is 172 g/mol. The normalized spacial score (nSPS) is 45.5. The molecule has 0 spiro atoms. The molecule has 0 aromatic rings. The quantitative estimate of drug-likeness (QED) is 0.637. The lowest BCUT2D eigenvalue weighted by atomic mass is 10.0. The maximum absolute atomic E-state index is 9.31. The zero-order valence-electron chi connectivity index (χ0n) is 7.40. The molecule has 2 aliphatic heterocycles. The van der Waals surface area contributed by atoms with Crippen molar-refractivity contribution >= 4 is 0 Å². The zero-order valence-corrected chi connectivity index (χ0v) is 7.40. The Bertz CT molecular complexity index is 158. The van der Waals surface area contributed by atoms with E-state index < -0.39 is 0 Å². The van der Waals surface area contributed by atoms with Gasteiger partial charge in [-0.1, -0.05) is 19.8 Å². The molecular weight excluding hydrogens is 156 g/mol. The summed E-state index contributed by atoms with van der Waals surface area (Å²) >= 11 is 0. The van der Waals surface area contributed by atoms with Crippen LogP contribution in [0.3, 0.4) is 0 Å². The van der Waals surface area contributed by atoms with E-state index in [0.717, 1.165) is 6.42 Å². The van der Waals surface area contributed by atoms with Gasteiger partial charge < -0.3 is 14.6 Å². The molecule has 0 aliphatic carbocycles. The van der Waals surface area contributed by atoms with Gasteiger partial charge in [0.25, 0.3) is 0 Å². The van der Waals surface area contributed by atoms with Crippen molar-refractivity contribution < 1.29 is 14.6 Å². The smallest absolute Gasteiger partial charge is 0.115 e. The van der Waals surface area contributed by atoms with E-state index in [2.05, 4.69) is 6.92 Å². The largest absolute Gasteiger partial charge is 0.388 e. The molecule has 70 valence electrons. The van der Waals surface area contributed by atoms with Crippen molar-refractivity contribution in [2.24, 2.45) is 0 Å². The number of rotatable bonds is 3. The van der Waals surface area contributed by atoms with Crippen LogP contribution in [-0.4, -0.2) is 36.1 Å². The lowest BCUT2D eigenvalue weighted by molar-refractivity contribution is -0.0389. The number of epoxide rings is 1. The minimum atomic E-state index is -0.382. The summed E-state index contributed by atoms with van der Waals surface area (Å²) in [7, 11) is 0. The van der Waals surface area contributed by atoms with E-state index in [1.165, 1.54) is 12.8 Å². The summed E-state index contributed by atoms with van der Waals surface area (Å²) in [4.78, 5) is 0. The molecule has 0 saturated carbocycles. The molecule has 2 fully saturated rings. The highest BCUT2D eigenvalue weighted by molar-refractivity contribution is 4.99. The molecule has 2 saturated heterocycles. The number of hydrogen-bond acceptors (Lipinski definition) is 3. The van der Waals surface area contributed by atoms with Crippen LogP contribution in [-0.2, 0) is 9.47 Å². The molecule has 3 heteroatoms. The molecule has 4 atom stereocenters. The molecular formula is C9H16O3. The van der Waals surface area contributed by atoms with E-state index in [1.54, 1.807) is 0 Å². The fraction of sp³-hybridized carbons (Fsp3) is 1.00. The first-order valence-electron chi connectivity index (χ1n) is 4.78. The van der Waals surface area contributed by atoms with E-state index in [1.807, 2.05) is 0 Å². The summed E-state index contributed by atoms with van der Waals surface area (Å²) in [5.74, 6) is 0. The minimum absolute atomic E-state index is 0.0839. The Morgan fingerprint density at radius 1 is 1.42 bits per heavy atom. The number of aliphatic hydroxyl groups excluding tert-OH is 1. The van der Waals surface area contributed by atoms with Gasteiger partial charge in [0.1, 0.15) is 18.3 Å². The SMILES string of the molecule is CCCC[C@@H]1OC[C@H](O)[C@H]2O[C@H]21. The van der Waals surface area contributed by atoms with E-state index in [-0.39, 0.29) is 24.4 Å². The number of fused-ring (bicyclic) bond motifs is 1. The summed E-state index contributed by atoms with van der Waals surface area (Å²) in [6.07, 6.45) is 3.60. The molecule has 0 bridgehead atoms. The lowest BCUT2D eigenvalue weighted by Gasteiger charge is -2.22. The Morgan fingerprint density at radius 2 is 2.25 bits per heavy atom. The van der Waals surface area contributed by atoms with Crippen molar-refractivity contribution in [1.82, 2.24) is 0 Å². The Labute approximate surface area is 72.7 Å². The van der Waals surface area contributed by atoms with Gasteiger partial charge in [-0.05, 0) is 6.42 Å². The average molecular weight is 172 g/mol. The van der Waals surface area contributed by atoms with E-state index in [9.17, 15) is 5.11 Å². The maximum Gasteiger partial charge on any atom is 0.115 e. The van der Waals surface area contributed by atoms with Crippen LogP contribution in [0.4, 0.5) is 0 Å². The first-order valence-corrected chi connectivity index (χ1v) is 4.78. The molecule has 0 aromatic heterocycles. The van der Waals surface area contributed by atoms with Gasteiger partial charge in [0.15, 0.2) is 0 Å². The van der Waals surface area contributed by atoms with Gasteiger partial charge in [0.05, 0.1) is 12.7 Å². The topological polar surface area (TPSA) is 42.0 Å². The zero-order chi connectivity index (χ0) is 8.55. The Morgan fingerprint density at radius 3 is 3.00 bits per heavy atom. The Kier molecular flexibility index (Phi) is 2.35. The molecule has 2 aliphatic rings. The molecule has 0 radical (unpaired) electrons. The van der Waals surface area contributed by atoms with Crippen LogP contribution in [0, 0.1) is 0 Å². The number of hydrogen-bond donors (Lipinski definition) is 1. The molecule has 12 heavy (non-hydrogen) atoms. The van der Waals surface area contributed by atoms with Gasteiger partial charge in [-0.15, -0.1) is 0 Å². The first-order chi connectivity index (χ1) is 5.83. The van der Waals surface area contributed by atoms with Crippen LogP contribution in [0.2, 0.25) is 0 Å². The second kappa shape index (κ2) is 3.32. The fourth-order valence-corrected chi connectivity index (χ4v) is 1.81. The predicted molar refractivity (Wildman–Crippen MR) is 43.9 cm³/mol. The van der Waals surface area contributed by atoms with Crippen molar-refractivity contribution in [3.8, 4) is 0 Å². The molecule has 1 N–H and O–H groups in total. The third-order valence-corrected chi connectivity index (χ3v) is 2.63. The van der Waals surface area contributed by atoms with Crippen LogP contribution in [0.5, 0.6) is 0 Å². The second-order valence-corrected chi connectivity index (χ2v) is 3.65. The fourth-order valence-electron chi connectivity index (χ4n) is 1.81. The van der Waals surface area contributed by atoms with Crippen LogP contribution in [0.25, 0.3) is 0 Å². The van der Waals surface area contributed by atoms with Gasteiger partial charge >= 0.3 is 0 Å². The molecule has 2 rings (SSSR count). The summed E-state index contributed by atoms with van der Waals surface area (Å²) in [6, 6.07) is 0. The maximum atomic E-state index is 9.31. The van der Waals surface area contributed by atoms with Crippen LogP contribution in [0.1, 0.15) is 26.2 Å². The predicted octanol–water partition coefficient (Wildman–Crippen LogP) is 0.704. The minimum Gasteiger partial charge on any atom is -0.388 e. The van der Waals surface area contributed by atoms with E-state index >= 15 is 0 Å². The molecule has 0 unspecified atom stereocenters. The first kappa shape index (κ1) is 8.48. The average Bonchev–Trinajstić information content (AvgIpc) is 2.83. The van der Waals surface area contributed by atoms with Crippen LogP contribution < -0.4 is 0 Å². The van der Waals surface area contributed by atoms with E-state index in [0.29, 0.717) is 6.61 Å². The van der Waals surface area contributed by atoms with Crippen molar-refractivity contribution in [1.29, 1.82) is 0 Å². The summed E-state index contributed by atoms with van der Waals surface area (Å²) < 4.78 is 10.8. The third kappa shape index (κ3) is 1.49. The third-order valence-electron chi connectivity index (χ3n) is 2.63. The van der Waals surface area contributed by atoms with Gasteiger partial charge in [0.2, 0.25) is 0 Å². The van der Waals surface area contributed by atoms with Crippen molar-refractivity contribution in [3.63, 3.8) is 0 Å². The van der Waals surface area contributed by atoms with Gasteiger partial charge in [-0.3, -0.25) is 0 Å². The Balaban J connectivity index is 1.78. The highest BCUT2D eigenvalue weighted by atomic mass is 16.6. The Hall–Kier alpha value is -0.120. The summed E-state index contributed by atoms with van der Waals surface area (Å²) in [6.45, 7) is 2.62. The standard InChI is InChI=1S/C9H16O3/c1-2-3-4-7-9-8(12-9)6(10)5-11-7/h6-10H,2-5H2,1H3/t6-,7-,8+,9-/m0/s1. The van der Waals surface area contributed by atoms with Crippen LogP contribution >= 0.6 is 0 Å². The van der Waals surface area contributed by atoms with Gasteiger partial charge in [0, 0.05) is 0 Å². The van der Waals surface area contributed by atoms with Crippen molar-refractivity contribution in [2.45, 2.75) is 50.6 Å². The van der Waals surface area contributed by atoms with Gasteiger partial charge in [-0.25, -0.2) is 0 Å². The number of aliphatic hydroxyl groups is 1. The highest BCUT2D eigenvalue weighted by Crippen LogP contribution is 2.36. The molecule has 0 amide bonds. The van der Waals surface area contributed by atoms with Crippen molar-refractivity contribution in [2.75, 3.05) is 6.61 Å². The van der Waals surface area contributed by atoms with Crippen molar-refractivity contribution in [3.05, 3.63) is 0 Å². The van der Waals surface area contributed by atoms with Crippen LogP contribution in [0.15, 0.2) is 0 Å². The summed E-state index contributed by atoms with van der Waals surface area (Å²) in [5, 5.41) is 9.31. The lowest BCUT2D eigenvalue weighted by Crippen LogP contribution is -2.37. The van der Waals surface area contributed by atoms with Gasteiger partial charge in [-0.2, -0.15) is 0 Å². The number of ether oxygens (including phenoxy) is 2. The highest BCUT2D eigenvalue weighted by Gasteiger charge is 2.52. The van der Waals surface area contributed by atoms with E-state index in [4.69, 9.17) is 9.47 Å². The summed E-state index contributed by atoms with van der Waals surface area (Å²) in [5.41, 5.74) is 0. The second-order valence-electron chi connectivity index (χ2n) is 3.65. The molecule has 3 nitrogen and oxygen atoms in total. The molecule has 2 heterocycles. The number of unbranched alkanes of at least 4 members (excludes halogenated alkanes) is 1.